The molecule has 0 bridgehead atoms. The first kappa shape index (κ1) is 25.9. The molecule has 1 aliphatic rings. The van der Waals surface area contributed by atoms with Crippen LogP contribution in [0, 0.1) is 12.7 Å². The third kappa shape index (κ3) is 7.05. The normalized spacial score (nSPS) is 18.4. The number of nitrogens with two attached hydrogens (primary N) is 1. The molecular weight excluding hydrogens is 421 g/mol. The first-order chi connectivity index (χ1) is 15.7. The zero-order valence-corrected chi connectivity index (χ0v) is 19.6. The number of carbonyl (C=O) groups is 2. The number of likely N-dealkylation sites (N-methyl/N-ethyl adjacent to an activating group) is 1. The molecule has 4 N–H and O–H groups in total. The Morgan fingerprint density at radius 1 is 1.27 bits per heavy atom. The largest absolute Gasteiger partial charge is 0.386 e. The minimum Gasteiger partial charge on any atom is -0.386 e. The summed E-state index contributed by atoms with van der Waals surface area (Å²) < 4.78 is 14.3. The Bertz CT molecular complexity index is 956. The monoisotopic (exact) mass is 455 g/mol. The first-order valence-electron chi connectivity index (χ1n) is 10.9. The lowest BCUT2D eigenvalue weighted by molar-refractivity contribution is -0.130. The van der Waals surface area contributed by atoms with Crippen molar-refractivity contribution in [3.8, 4) is 0 Å². The topological polar surface area (TPSA) is 90.7 Å². The number of halogens is 1. The average Bonchev–Trinajstić information content (AvgIpc) is 2.80. The quantitative estimate of drug-likeness (QED) is 0.392. The summed E-state index contributed by atoms with van der Waals surface area (Å²) in [7, 11) is 1.54. The predicted octanol–water partition coefficient (Wildman–Crippen LogP) is 2.14. The Hall–Kier alpha value is -3.39. The Morgan fingerprint density at radius 3 is 2.58 bits per heavy atom. The van der Waals surface area contributed by atoms with Gasteiger partial charge in [-0.15, -0.1) is 0 Å². The lowest BCUT2D eigenvalue weighted by Crippen LogP contribution is -2.54. The van der Waals surface area contributed by atoms with Crippen LogP contribution in [0.15, 0.2) is 67.1 Å². The van der Waals surface area contributed by atoms with E-state index in [9.17, 15) is 14.0 Å². The minimum atomic E-state index is -0.300. The zero-order valence-electron chi connectivity index (χ0n) is 19.6. The number of nitrogens with zero attached hydrogens (tertiary/aromatic N) is 2. The molecule has 178 valence electrons. The lowest BCUT2D eigenvalue weighted by atomic mass is 10.0. The van der Waals surface area contributed by atoms with Crippen molar-refractivity contribution in [1.29, 1.82) is 0 Å². The summed E-state index contributed by atoms with van der Waals surface area (Å²) in [6.45, 7) is 13.4. The van der Waals surface area contributed by atoms with Crippen LogP contribution in [-0.2, 0) is 9.59 Å². The molecular formula is C25H34FN5O2. The van der Waals surface area contributed by atoms with E-state index in [4.69, 9.17) is 5.73 Å². The van der Waals surface area contributed by atoms with Crippen molar-refractivity contribution in [2.75, 3.05) is 33.2 Å². The zero-order chi connectivity index (χ0) is 24.5. The number of carbonyl (C=O) groups excluding carboxylic acids is 2. The fraction of sp³-hybridized carbons (Fsp3) is 0.360. The van der Waals surface area contributed by atoms with Gasteiger partial charge in [0.1, 0.15) is 5.82 Å². The molecule has 1 fully saturated rings. The van der Waals surface area contributed by atoms with Crippen molar-refractivity contribution in [3.05, 3.63) is 84.0 Å². The number of piperazine rings is 1. The van der Waals surface area contributed by atoms with Gasteiger partial charge in [-0.25, -0.2) is 4.39 Å². The molecule has 1 saturated heterocycles. The van der Waals surface area contributed by atoms with E-state index in [0.29, 0.717) is 43.1 Å². The Labute approximate surface area is 195 Å². The number of hydrogen-bond donors (Lipinski definition) is 3. The maximum atomic E-state index is 14.3. The molecule has 1 aliphatic heterocycles. The molecule has 2 amide bonds. The molecule has 0 unspecified atom stereocenters. The summed E-state index contributed by atoms with van der Waals surface area (Å²) in [5, 5.41) is 5.79. The van der Waals surface area contributed by atoms with Gasteiger partial charge < -0.3 is 21.3 Å². The van der Waals surface area contributed by atoms with Crippen molar-refractivity contribution in [2.24, 2.45) is 5.73 Å². The van der Waals surface area contributed by atoms with Crippen LogP contribution in [0.2, 0.25) is 0 Å². The van der Waals surface area contributed by atoms with E-state index in [1.165, 1.54) is 25.3 Å². The SMILES string of the molecule is C=CC(=O)N1CCN(C[C@@H](N/C(N)=C/C=C(\C=C)C(=O)NC)c2ccc(C)c(F)c2)C[C@H]1C. The summed E-state index contributed by atoms with van der Waals surface area (Å²) in [4.78, 5) is 27.9. The number of benzene rings is 1. The Kier molecular flexibility index (Phi) is 9.42. The summed E-state index contributed by atoms with van der Waals surface area (Å²) in [6.07, 6.45) is 5.94. The van der Waals surface area contributed by atoms with Gasteiger partial charge in [-0.3, -0.25) is 14.5 Å². The van der Waals surface area contributed by atoms with Crippen LogP contribution in [0.3, 0.4) is 0 Å². The highest BCUT2D eigenvalue weighted by Gasteiger charge is 2.28. The van der Waals surface area contributed by atoms with Gasteiger partial charge in [0.15, 0.2) is 0 Å². The Morgan fingerprint density at radius 2 is 2.00 bits per heavy atom. The highest BCUT2D eigenvalue weighted by Crippen LogP contribution is 2.21. The van der Waals surface area contributed by atoms with Gasteiger partial charge in [-0.05, 0) is 49.3 Å². The number of nitrogens with one attached hydrogen (secondary N) is 2. The molecule has 0 spiro atoms. The van der Waals surface area contributed by atoms with E-state index in [1.54, 1.807) is 30.0 Å². The fourth-order valence-electron chi connectivity index (χ4n) is 3.77. The standard InChI is InChI=1S/C25H34FN5O2/c1-6-19(25(33)28-5)10-11-23(27)29-22(20-9-8-17(3)21(26)14-20)16-30-12-13-31(18(4)15-30)24(32)7-2/h6-11,14,18,22,29H,1-2,12-13,15-16,27H2,3-5H3,(H,28,33)/b19-10+,23-11+/t18-,22-/m1/s1. The number of amides is 2. The highest BCUT2D eigenvalue weighted by atomic mass is 19.1. The maximum Gasteiger partial charge on any atom is 0.251 e. The molecule has 0 aromatic heterocycles. The van der Waals surface area contributed by atoms with Crippen LogP contribution in [0.4, 0.5) is 4.39 Å². The van der Waals surface area contributed by atoms with E-state index in [2.05, 4.69) is 28.7 Å². The second kappa shape index (κ2) is 12.0. The maximum absolute atomic E-state index is 14.3. The predicted molar refractivity (Wildman–Crippen MR) is 129 cm³/mol. The molecule has 2 atom stereocenters. The Balaban J connectivity index is 2.23. The molecule has 1 aromatic rings. The third-order valence-electron chi connectivity index (χ3n) is 5.70. The van der Waals surface area contributed by atoms with E-state index in [1.807, 2.05) is 13.0 Å². The minimum absolute atomic E-state index is 0.0261. The molecule has 1 aromatic carbocycles. The van der Waals surface area contributed by atoms with Crippen molar-refractivity contribution in [2.45, 2.75) is 25.9 Å². The van der Waals surface area contributed by atoms with E-state index in [-0.39, 0.29) is 29.7 Å². The van der Waals surface area contributed by atoms with Crippen LogP contribution in [0.5, 0.6) is 0 Å². The third-order valence-corrected chi connectivity index (χ3v) is 5.70. The van der Waals surface area contributed by atoms with Crippen LogP contribution in [0.25, 0.3) is 0 Å². The molecule has 2 rings (SSSR count). The second-order valence-electron chi connectivity index (χ2n) is 8.08. The molecule has 0 radical (unpaired) electrons. The van der Waals surface area contributed by atoms with E-state index < -0.39 is 0 Å². The fourth-order valence-corrected chi connectivity index (χ4v) is 3.77. The smallest absolute Gasteiger partial charge is 0.251 e. The van der Waals surface area contributed by atoms with Crippen LogP contribution in [-0.4, -0.2) is 60.9 Å². The van der Waals surface area contributed by atoms with Crippen molar-refractivity contribution in [3.63, 3.8) is 0 Å². The summed E-state index contributed by atoms with van der Waals surface area (Å²) in [6, 6.07) is 4.85. The molecule has 33 heavy (non-hydrogen) atoms. The van der Waals surface area contributed by atoms with E-state index >= 15 is 0 Å². The molecule has 0 saturated carbocycles. The van der Waals surface area contributed by atoms with Gasteiger partial charge in [-0.2, -0.15) is 0 Å². The van der Waals surface area contributed by atoms with Crippen LogP contribution < -0.4 is 16.4 Å². The van der Waals surface area contributed by atoms with Gasteiger partial charge in [-0.1, -0.05) is 31.4 Å². The highest BCUT2D eigenvalue weighted by molar-refractivity contribution is 5.96. The lowest BCUT2D eigenvalue weighted by Gasteiger charge is -2.41. The van der Waals surface area contributed by atoms with Gasteiger partial charge in [0, 0.05) is 44.8 Å². The number of aryl methyl sites for hydroxylation is 1. The van der Waals surface area contributed by atoms with Crippen molar-refractivity contribution in [1.82, 2.24) is 20.4 Å². The molecule has 0 aliphatic carbocycles. The number of rotatable bonds is 9. The van der Waals surface area contributed by atoms with Crippen LogP contribution >= 0.6 is 0 Å². The summed E-state index contributed by atoms with van der Waals surface area (Å²) in [5.41, 5.74) is 7.89. The van der Waals surface area contributed by atoms with Gasteiger partial charge in [0.05, 0.1) is 11.9 Å². The van der Waals surface area contributed by atoms with Crippen LogP contribution in [0.1, 0.15) is 24.1 Å². The number of allylic oxidation sites excluding steroid dienone is 2. The van der Waals surface area contributed by atoms with Gasteiger partial charge in [0.2, 0.25) is 5.91 Å². The molecule has 8 heteroatoms. The average molecular weight is 456 g/mol. The van der Waals surface area contributed by atoms with Gasteiger partial charge >= 0.3 is 0 Å². The number of hydrogen-bond acceptors (Lipinski definition) is 5. The summed E-state index contributed by atoms with van der Waals surface area (Å²) in [5.74, 6) is -0.305. The second-order valence-corrected chi connectivity index (χ2v) is 8.08. The summed E-state index contributed by atoms with van der Waals surface area (Å²) >= 11 is 0. The van der Waals surface area contributed by atoms with Gasteiger partial charge in [0.25, 0.3) is 5.91 Å². The molecule has 7 nitrogen and oxygen atoms in total. The first-order valence-corrected chi connectivity index (χ1v) is 10.9. The van der Waals surface area contributed by atoms with E-state index in [0.717, 1.165) is 5.56 Å². The molecule has 1 heterocycles. The van der Waals surface area contributed by atoms with Crippen molar-refractivity contribution >= 4 is 11.8 Å². The van der Waals surface area contributed by atoms with Crippen molar-refractivity contribution < 1.29 is 14.0 Å².